The van der Waals surface area contributed by atoms with Crippen LogP contribution < -0.4 is 0 Å². The average molecular weight is 347 g/mol. The van der Waals surface area contributed by atoms with E-state index in [2.05, 4.69) is 16.0 Å². The van der Waals surface area contributed by atoms with E-state index in [9.17, 15) is 9.90 Å². The highest BCUT2D eigenvalue weighted by molar-refractivity contribution is 5.97. The van der Waals surface area contributed by atoms with Gasteiger partial charge in [-0.2, -0.15) is 0 Å². The molecule has 1 fully saturated rings. The first-order chi connectivity index (χ1) is 12.7. The van der Waals surface area contributed by atoms with Crippen LogP contribution in [0.25, 0.3) is 11.0 Å². The molecule has 0 bridgehead atoms. The average Bonchev–Trinajstić information content (AvgIpc) is 3.14. The fourth-order valence-corrected chi connectivity index (χ4v) is 4.79. The maximum absolute atomic E-state index is 13.2. The summed E-state index contributed by atoms with van der Waals surface area (Å²) < 4.78 is 0. The van der Waals surface area contributed by atoms with Crippen LogP contribution in [0, 0.1) is 0 Å². The van der Waals surface area contributed by atoms with Crippen LogP contribution in [-0.2, 0) is 6.42 Å². The van der Waals surface area contributed by atoms with Crippen molar-refractivity contribution >= 4 is 16.9 Å². The number of rotatable bonds is 1. The second-order valence-electron chi connectivity index (χ2n) is 7.34. The molecule has 26 heavy (non-hydrogen) atoms. The number of benzene rings is 2. The number of nitrogens with zero attached hydrogens (tertiary/aromatic N) is 2. The van der Waals surface area contributed by atoms with Gasteiger partial charge in [0.05, 0.1) is 17.4 Å². The Labute approximate surface area is 151 Å². The van der Waals surface area contributed by atoms with Crippen molar-refractivity contribution in [1.29, 1.82) is 0 Å². The van der Waals surface area contributed by atoms with E-state index in [0.717, 1.165) is 48.8 Å². The standard InChI is InChI=1S/C21H21N3O2/c25-19-5-1-3-13-7-9-18-15(20(13)19)4-2-10-24(18)21(26)14-6-8-16-17(11-14)23-12-22-16/h1,3,5-6,8,11-12,15,18,25H,2,4,7,9-10H2,(H,22,23)/t15-,18+/m0/s1. The Morgan fingerprint density at radius 1 is 1.23 bits per heavy atom. The SMILES string of the molecule is O=C(c1ccc2nc[nH]c2c1)N1CCC[C@@H]2c3c(O)cccc3CC[C@H]21. The zero-order valence-corrected chi connectivity index (χ0v) is 14.5. The van der Waals surface area contributed by atoms with Gasteiger partial charge in [0.1, 0.15) is 5.75 Å². The molecular weight excluding hydrogens is 326 g/mol. The number of hydrogen-bond donors (Lipinski definition) is 2. The van der Waals surface area contributed by atoms with Crippen LogP contribution in [0.15, 0.2) is 42.7 Å². The number of carbonyl (C=O) groups excluding carboxylic acids is 1. The fraction of sp³-hybridized carbons (Fsp3) is 0.333. The van der Waals surface area contributed by atoms with Crippen LogP contribution in [0.5, 0.6) is 5.75 Å². The molecule has 5 nitrogen and oxygen atoms in total. The van der Waals surface area contributed by atoms with Gasteiger partial charge >= 0.3 is 0 Å². The highest BCUT2D eigenvalue weighted by Gasteiger charge is 2.39. The Balaban J connectivity index is 1.50. The van der Waals surface area contributed by atoms with E-state index < -0.39 is 0 Å². The van der Waals surface area contributed by atoms with Crippen LogP contribution in [0.2, 0.25) is 0 Å². The van der Waals surface area contributed by atoms with Crippen molar-refractivity contribution in [1.82, 2.24) is 14.9 Å². The topological polar surface area (TPSA) is 69.2 Å². The van der Waals surface area contributed by atoms with Gasteiger partial charge in [0, 0.05) is 29.6 Å². The fourth-order valence-electron chi connectivity index (χ4n) is 4.79. The van der Waals surface area contributed by atoms with Crippen molar-refractivity contribution < 1.29 is 9.90 Å². The number of H-pyrrole nitrogens is 1. The summed E-state index contributed by atoms with van der Waals surface area (Å²) in [7, 11) is 0. The van der Waals surface area contributed by atoms with Gasteiger partial charge in [-0.15, -0.1) is 0 Å². The van der Waals surface area contributed by atoms with Gasteiger partial charge < -0.3 is 15.0 Å². The lowest BCUT2D eigenvalue weighted by Gasteiger charge is -2.45. The van der Waals surface area contributed by atoms with E-state index in [-0.39, 0.29) is 17.9 Å². The monoisotopic (exact) mass is 347 g/mol. The highest BCUT2D eigenvalue weighted by Crippen LogP contribution is 2.44. The molecule has 1 saturated heterocycles. The van der Waals surface area contributed by atoms with E-state index in [4.69, 9.17) is 0 Å². The number of hydrogen-bond acceptors (Lipinski definition) is 3. The number of amides is 1. The predicted octanol–water partition coefficient (Wildman–Crippen LogP) is 3.60. The van der Waals surface area contributed by atoms with E-state index in [1.807, 2.05) is 29.2 Å². The molecule has 1 aliphatic heterocycles. The molecule has 1 amide bonds. The third-order valence-corrected chi connectivity index (χ3v) is 5.96. The van der Waals surface area contributed by atoms with E-state index >= 15 is 0 Å². The molecule has 2 aromatic carbocycles. The summed E-state index contributed by atoms with van der Waals surface area (Å²) in [6.45, 7) is 0.782. The number of fused-ring (bicyclic) bond motifs is 4. The van der Waals surface area contributed by atoms with Crippen LogP contribution in [-0.4, -0.2) is 38.5 Å². The summed E-state index contributed by atoms with van der Waals surface area (Å²) in [5.74, 6) is 0.689. The molecule has 0 unspecified atom stereocenters. The molecule has 132 valence electrons. The van der Waals surface area contributed by atoms with E-state index in [1.165, 1.54) is 5.56 Å². The highest BCUT2D eigenvalue weighted by atomic mass is 16.3. The molecule has 2 aliphatic rings. The Hall–Kier alpha value is -2.82. The molecule has 0 saturated carbocycles. The zero-order valence-electron chi connectivity index (χ0n) is 14.5. The van der Waals surface area contributed by atoms with E-state index in [0.29, 0.717) is 11.3 Å². The molecule has 5 heteroatoms. The van der Waals surface area contributed by atoms with Gasteiger partial charge in [0.15, 0.2) is 0 Å². The molecular formula is C21H21N3O2. The molecule has 0 spiro atoms. The van der Waals surface area contributed by atoms with E-state index in [1.54, 1.807) is 12.4 Å². The van der Waals surface area contributed by atoms with Gasteiger partial charge in [-0.3, -0.25) is 4.79 Å². The first-order valence-electron chi connectivity index (χ1n) is 9.27. The van der Waals surface area contributed by atoms with Crippen molar-refractivity contribution in [2.24, 2.45) is 0 Å². The van der Waals surface area contributed by atoms with Crippen LogP contribution in [0.1, 0.15) is 46.7 Å². The summed E-state index contributed by atoms with van der Waals surface area (Å²) >= 11 is 0. The minimum atomic E-state index is 0.0788. The van der Waals surface area contributed by atoms with Gasteiger partial charge in [-0.05, 0) is 55.5 Å². The second-order valence-corrected chi connectivity index (χ2v) is 7.34. The third kappa shape index (κ3) is 2.30. The normalized spacial score (nSPS) is 22.1. The number of aromatic amines is 1. The minimum absolute atomic E-state index is 0.0788. The Morgan fingerprint density at radius 3 is 3.08 bits per heavy atom. The minimum Gasteiger partial charge on any atom is -0.508 e. The van der Waals surface area contributed by atoms with Crippen LogP contribution >= 0.6 is 0 Å². The number of phenols is 1. The number of aromatic nitrogens is 2. The number of aromatic hydroxyl groups is 1. The zero-order chi connectivity index (χ0) is 17.7. The molecule has 2 heterocycles. The number of aryl methyl sites for hydroxylation is 1. The number of carbonyl (C=O) groups is 1. The van der Waals surface area contributed by atoms with Gasteiger partial charge in [-0.1, -0.05) is 12.1 Å². The predicted molar refractivity (Wildman–Crippen MR) is 99.3 cm³/mol. The van der Waals surface area contributed by atoms with Crippen molar-refractivity contribution in [2.75, 3.05) is 6.54 Å². The lowest BCUT2D eigenvalue weighted by Crippen LogP contribution is -2.49. The van der Waals surface area contributed by atoms with Gasteiger partial charge in [-0.25, -0.2) is 4.98 Å². The first-order valence-corrected chi connectivity index (χ1v) is 9.27. The van der Waals surface area contributed by atoms with Crippen molar-refractivity contribution in [3.05, 3.63) is 59.4 Å². The summed E-state index contributed by atoms with van der Waals surface area (Å²) in [4.78, 5) is 22.6. The van der Waals surface area contributed by atoms with Crippen molar-refractivity contribution in [3.8, 4) is 5.75 Å². The first kappa shape index (κ1) is 15.4. The summed E-state index contributed by atoms with van der Waals surface area (Å²) in [5.41, 5.74) is 4.75. The largest absolute Gasteiger partial charge is 0.508 e. The summed E-state index contributed by atoms with van der Waals surface area (Å²) in [6, 6.07) is 11.6. The lowest BCUT2D eigenvalue weighted by atomic mass is 9.73. The second kappa shape index (κ2) is 5.87. The lowest BCUT2D eigenvalue weighted by molar-refractivity contribution is 0.0544. The quantitative estimate of drug-likeness (QED) is 0.707. The molecule has 5 rings (SSSR count). The van der Waals surface area contributed by atoms with Crippen LogP contribution in [0.4, 0.5) is 0 Å². The van der Waals surface area contributed by atoms with Crippen molar-refractivity contribution in [3.63, 3.8) is 0 Å². The number of piperidine rings is 1. The Bertz CT molecular complexity index is 994. The van der Waals surface area contributed by atoms with Gasteiger partial charge in [0.25, 0.3) is 5.91 Å². The number of likely N-dealkylation sites (tertiary alicyclic amines) is 1. The van der Waals surface area contributed by atoms with Gasteiger partial charge in [0.2, 0.25) is 0 Å². The molecule has 0 radical (unpaired) electrons. The Morgan fingerprint density at radius 2 is 2.15 bits per heavy atom. The third-order valence-electron chi connectivity index (χ3n) is 5.96. The Kier molecular flexibility index (Phi) is 3.48. The maximum Gasteiger partial charge on any atom is 0.254 e. The molecule has 3 aromatic rings. The molecule has 2 atom stereocenters. The summed E-state index contributed by atoms with van der Waals surface area (Å²) in [5, 5.41) is 10.4. The number of phenolic OH excluding ortho intramolecular Hbond substituents is 1. The summed E-state index contributed by atoms with van der Waals surface area (Å²) in [6.07, 6.45) is 5.51. The number of imidazole rings is 1. The smallest absolute Gasteiger partial charge is 0.254 e. The van der Waals surface area contributed by atoms with Crippen molar-refractivity contribution in [2.45, 2.75) is 37.6 Å². The maximum atomic E-state index is 13.2. The molecule has 2 N–H and O–H groups in total. The molecule has 1 aromatic heterocycles. The van der Waals surface area contributed by atoms with Crippen LogP contribution in [0.3, 0.4) is 0 Å². The molecule has 1 aliphatic carbocycles. The number of nitrogens with one attached hydrogen (secondary N) is 1.